The Hall–Kier alpha value is -1.59. The number of allylic oxidation sites excluding steroid dienone is 1. The van der Waals surface area contributed by atoms with Gasteiger partial charge in [-0.3, -0.25) is 4.79 Å². The summed E-state index contributed by atoms with van der Waals surface area (Å²) in [4.78, 5) is 12.7. The smallest absolute Gasteiger partial charge is 0.195 e. The molecule has 2 aromatic rings. The fraction of sp³-hybridized carbons (Fsp3) is 0.188. The summed E-state index contributed by atoms with van der Waals surface area (Å²) in [6.07, 6.45) is 3.34. The van der Waals surface area contributed by atoms with Crippen molar-refractivity contribution in [1.29, 1.82) is 0 Å². The van der Waals surface area contributed by atoms with Gasteiger partial charge in [0.05, 0.1) is 22.4 Å². The average Bonchev–Trinajstić information content (AvgIpc) is 2.92. The first kappa shape index (κ1) is 15.8. The van der Waals surface area contributed by atoms with Crippen LogP contribution in [0.1, 0.15) is 22.2 Å². The van der Waals surface area contributed by atoms with Crippen LogP contribution >= 0.6 is 27.3 Å². The molecule has 0 unspecified atom stereocenters. The van der Waals surface area contributed by atoms with E-state index in [-0.39, 0.29) is 5.78 Å². The maximum absolute atomic E-state index is 12.0. The van der Waals surface area contributed by atoms with Crippen LogP contribution < -0.4 is 9.47 Å². The van der Waals surface area contributed by atoms with Crippen LogP contribution in [0.25, 0.3) is 6.08 Å². The first-order chi connectivity index (χ1) is 10.1. The van der Waals surface area contributed by atoms with E-state index in [1.54, 1.807) is 25.3 Å². The molecule has 0 saturated heterocycles. The quantitative estimate of drug-likeness (QED) is 0.543. The third kappa shape index (κ3) is 4.19. The predicted molar refractivity (Wildman–Crippen MR) is 89.5 cm³/mol. The Morgan fingerprint density at radius 1 is 1.29 bits per heavy atom. The third-order valence-electron chi connectivity index (χ3n) is 2.73. The number of carbonyl (C=O) groups excluding carboxylic acids is 1. The van der Waals surface area contributed by atoms with Crippen LogP contribution in [0.3, 0.4) is 0 Å². The summed E-state index contributed by atoms with van der Waals surface area (Å²) >= 11 is 4.77. The van der Waals surface area contributed by atoms with Crippen LogP contribution in [0.15, 0.2) is 40.2 Å². The minimum Gasteiger partial charge on any atom is -0.493 e. The number of carbonyl (C=O) groups is 1. The van der Waals surface area contributed by atoms with Gasteiger partial charge in [0.2, 0.25) is 0 Å². The summed E-state index contributed by atoms with van der Waals surface area (Å²) in [5, 5.41) is 0. The average molecular weight is 367 g/mol. The van der Waals surface area contributed by atoms with E-state index in [9.17, 15) is 4.79 Å². The summed E-state index contributed by atoms with van der Waals surface area (Å²) in [6.45, 7) is 2.48. The van der Waals surface area contributed by atoms with Crippen molar-refractivity contribution in [3.63, 3.8) is 0 Å². The molecule has 1 aromatic carbocycles. The summed E-state index contributed by atoms with van der Waals surface area (Å²) in [5.41, 5.74) is 0.892. The molecule has 0 bridgehead atoms. The number of hydrogen-bond donors (Lipinski definition) is 0. The molecule has 0 N–H and O–H groups in total. The molecule has 0 fully saturated rings. The topological polar surface area (TPSA) is 35.5 Å². The van der Waals surface area contributed by atoms with E-state index >= 15 is 0 Å². The van der Waals surface area contributed by atoms with Gasteiger partial charge in [-0.25, -0.2) is 0 Å². The summed E-state index contributed by atoms with van der Waals surface area (Å²) in [7, 11) is 1.60. The fourth-order valence-corrected chi connectivity index (χ4v) is 3.07. The summed E-state index contributed by atoms with van der Waals surface area (Å²) < 4.78 is 11.7. The number of ether oxygens (including phenoxy) is 2. The van der Waals surface area contributed by atoms with Gasteiger partial charge < -0.3 is 9.47 Å². The molecule has 3 nitrogen and oxygen atoms in total. The molecular weight excluding hydrogens is 352 g/mol. The third-order valence-corrected chi connectivity index (χ3v) is 4.37. The lowest BCUT2D eigenvalue weighted by molar-refractivity contribution is 0.105. The number of hydrogen-bond acceptors (Lipinski definition) is 4. The van der Waals surface area contributed by atoms with Gasteiger partial charge in [-0.15, -0.1) is 11.3 Å². The van der Waals surface area contributed by atoms with Crippen LogP contribution in [-0.2, 0) is 0 Å². The zero-order chi connectivity index (χ0) is 15.2. The molecule has 0 atom stereocenters. The van der Waals surface area contributed by atoms with Crippen LogP contribution in [0.2, 0.25) is 0 Å². The standard InChI is InChI=1S/C16H15BrO3S/c1-3-20-14-10-11(5-7-13(14)19-2)4-6-12(18)15-8-9-16(17)21-15/h4-10H,3H2,1-2H3/b6-4+. The van der Waals surface area contributed by atoms with Gasteiger partial charge >= 0.3 is 0 Å². The van der Waals surface area contributed by atoms with Gasteiger partial charge in [-0.05, 0) is 58.8 Å². The van der Waals surface area contributed by atoms with Gasteiger partial charge in [0.25, 0.3) is 0 Å². The largest absolute Gasteiger partial charge is 0.493 e. The monoisotopic (exact) mass is 366 g/mol. The van der Waals surface area contributed by atoms with Crippen molar-refractivity contribution in [3.05, 3.63) is 50.6 Å². The van der Waals surface area contributed by atoms with E-state index in [2.05, 4.69) is 15.9 Å². The second-order valence-electron chi connectivity index (χ2n) is 4.14. The second-order valence-corrected chi connectivity index (χ2v) is 6.61. The highest BCUT2D eigenvalue weighted by atomic mass is 79.9. The SMILES string of the molecule is CCOc1cc(/C=C/C(=O)c2ccc(Br)s2)ccc1OC. The lowest BCUT2D eigenvalue weighted by atomic mass is 10.1. The molecule has 0 saturated carbocycles. The molecule has 5 heteroatoms. The first-order valence-electron chi connectivity index (χ1n) is 6.42. The number of benzene rings is 1. The molecule has 0 aliphatic carbocycles. The van der Waals surface area contributed by atoms with E-state index in [0.717, 1.165) is 9.35 Å². The van der Waals surface area contributed by atoms with Gasteiger partial charge in [0.15, 0.2) is 17.3 Å². The van der Waals surface area contributed by atoms with E-state index in [0.29, 0.717) is 23.0 Å². The van der Waals surface area contributed by atoms with Crippen molar-refractivity contribution in [3.8, 4) is 11.5 Å². The van der Waals surface area contributed by atoms with Crippen molar-refractivity contribution in [2.75, 3.05) is 13.7 Å². The number of rotatable bonds is 6. The Labute approximate surface area is 136 Å². The maximum Gasteiger partial charge on any atom is 0.195 e. The van der Waals surface area contributed by atoms with Crippen LogP contribution in [0.4, 0.5) is 0 Å². The summed E-state index contributed by atoms with van der Waals surface area (Å²) in [5.74, 6) is 1.34. The number of ketones is 1. The predicted octanol–water partition coefficient (Wildman–Crippen LogP) is 4.81. The van der Waals surface area contributed by atoms with Crippen molar-refractivity contribution in [2.24, 2.45) is 0 Å². The van der Waals surface area contributed by atoms with Crippen molar-refractivity contribution in [2.45, 2.75) is 6.92 Å². The molecule has 0 radical (unpaired) electrons. The lowest BCUT2D eigenvalue weighted by Crippen LogP contribution is -1.95. The molecule has 110 valence electrons. The van der Waals surface area contributed by atoms with Crippen LogP contribution in [0, 0.1) is 0 Å². The van der Waals surface area contributed by atoms with Crippen LogP contribution in [0.5, 0.6) is 11.5 Å². The number of methoxy groups -OCH3 is 1. The van der Waals surface area contributed by atoms with Crippen molar-refractivity contribution in [1.82, 2.24) is 0 Å². The number of halogens is 1. The molecule has 21 heavy (non-hydrogen) atoms. The second kappa shape index (κ2) is 7.43. The zero-order valence-corrected chi connectivity index (χ0v) is 14.2. The maximum atomic E-state index is 12.0. The fourth-order valence-electron chi connectivity index (χ4n) is 1.77. The Balaban J connectivity index is 2.17. The highest BCUT2D eigenvalue weighted by molar-refractivity contribution is 9.11. The molecule has 1 heterocycles. The minimum absolute atomic E-state index is 0.0144. The molecular formula is C16H15BrO3S. The highest BCUT2D eigenvalue weighted by Crippen LogP contribution is 2.29. The summed E-state index contributed by atoms with van der Waals surface area (Å²) in [6, 6.07) is 9.25. The van der Waals surface area contributed by atoms with E-state index < -0.39 is 0 Å². The van der Waals surface area contributed by atoms with Crippen molar-refractivity contribution >= 4 is 39.1 Å². The molecule has 0 amide bonds. The lowest BCUT2D eigenvalue weighted by Gasteiger charge is -2.09. The molecule has 0 spiro atoms. The molecule has 2 rings (SSSR count). The molecule has 0 aliphatic rings. The van der Waals surface area contributed by atoms with E-state index in [4.69, 9.17) is 9.47 Å². The van der Waals surface area contributed by atoms with Gasteiger partial charge in [0, 0.05) is 0 Å². The normalized spacial score (nSPS) is 10.8. The van der Waals surface area contributed by atoms with Crippen LogP contribution in [-0.4, -0.2) is 19.5 Å². The minimum atomic E-state index is -0.0144. The number of thiophene rings is 1. The van der Waals surface area contributed by atoms with E-state index in [1.165, 1.54) is 11.3 Å². The Bertz CT molecular complexity index is 661. The van der Waals surface area contributed by atoms with Gasteiger partial charge in [0.1, 0.15) is 0 Å². The molecule has 1 aromatic heterocycles. The van der Waals surface area contributed by atoms with Gasteiger partial charge in [-0.2, -0.15) is 0 Å². The Morgan fingerprint density at radius 3 is 2.71 bits per heavy atom. The zero-order valence-electron chi connectivity index (χ0n) is 11.8. The van der Waals surface area contributed by atoms with E-state index in [1.807, 2.05) is 31.2 Å². The highest BCUT2D eigenvalue weighted by Gasteiger charge is 2.06. The van der Waals surface area contributed by atoms with Gasteiger partial charge in [-0.1, -0.05) is 12.1 Å². The first-order valence-corrected chi connectivity index (χ1v) is 8.03. The van der Waals surface area contributed by atoms with Crippen molar-refractivity contribution < 1.29 is 14.3 Å². The Morgan fingerprint density at radius 2 is 2.10 bits per heavy atom. The molecule has 0 aliphatic heterocycles. The Kier molecular flexibility index (Phi) is 5.59.